The Hall–Kier alpha value is -3.75. The minimum atomic E-state index is -0.470. The summed E-state index contributed by atoms with van der Waals surface area (Å²) in [6, 6.07) is 24.0. The van der Waals surface area contributed by atoms with Crippen LogP contribution in [0.1, 0.15) is 31.0 Å². The van der Waals surface area contributed by atoms with Gasteiger partial charge in [-0.05, 0) is 55.8 Å². The van der Waals surface area contributed by atoms with Crippen molar-refractivity contribution >= 4 is 40.3 Å². The van der Waals surface area contributed by atoms with Crippen molar-refractivity contribution in [3.8, 4) is 22.7 Å². The zero-order valence-electron chi connectivity index (χ0n) is 20.3. The Morgan fingerprint density at radius 1 is 1.08 bits per heavy atom. The first kappa shape index (κ1) is 24.9. The molecule has 0 radical (unpaired) electrons. The van der Waals surface area contributed by atoms with Crippen LogP contribution in [0, 0.1) is 5.82 Å². The van der Waals surface area contributed by atoms with Crippen molar-refractivity contribution in [3.63, 3.8) is 0 Å². The predicted octanol–water partition coefficient (Wildman–Crippen LogP) is 7.04. The number of para-hydroxylation sites is 1. The number of ether oxygens (including phenoxy) is 1. The van der Waals surface area contributed by atoms with Gasteiger partial charge in [0.25, 0.3) is 5.91 Å². The highest BCUT2D eigenvalue weighted by atomic mass is 32.2. The molecule has 1 amide bonds. The quantitative estimate of drug-likeness (QED) is 0.190. The maximum Gasteiger partial charge on any atom is 0.266 e. The lowest BCUT2D eigenvalue weighted by atomic mass is 10.1. The number of amides is 1. The maximum absolute atomic E-state index is 14.7. The van der Waals surface area contributed by atoms with Crippen molar-refractivity contribution in [2.24, 2.45) is 0 Å². The average molecular weight is 530 g/mol. The summed E-state index contributed by atoms with van der Waals surface area (Å²) in [5.41, 5.74) is 3.66. The van der Waals surface area contributed by atoms with Crippen molar-refractivity contribution in [3.05, 3.63) is 107 Å². The molecular formula is C29H24FN3O2S2. The third-order valence-electron chi connectivity index (χ3n) is 6.05. The molecule has 0 saturated carbocycles. The van der Waals surface area contributed by atoms with Gasteiger partial charge in [-0.3, -0.25) is 9.69 Å². The number of rotatable bonds is 7. The molecule has 186 valence electrons. The van der Waals surface area contributed by atoms with Gasteiger partial charge in [-0.25, -0.2) is 9.07 Å². The monoisotopic (exact) mass is 529 g/mol. The number of carbonyl (C=O) groups excluding carboxylic acids is 1. The van der Waals surface area contributed by atoms with Gasteiger partial charge >= 0.3 is 0 Å². The van der Waals surface area contributed by atoms with Crippen LogP contribution in [0.15, 0.2) is 90.0 Å². The fourth-order valence-electron chi connectivity index (χ4n) is 4.19. The highest BCUT2D eigenvalue weighted by Crippen LogP contribution is 2.39. The largest absolute Gasteiger partial charge is 0.491 e. The molecule has 0 unspecified atom stereocenters. The summed E-state index contributed by atoms with van der Waals surface area (Å²) in [5.74, 6) is -0.448. The van der Waals surface area contributed by atoms with Crippen molar-refractivity contribution in [2.75, 3.05) is 6.61 Å². The van der Waals surface area contributed by atoms with E-state index < -0.39 is 5.82 Å². The second-order valence-electron chi connectivity index (χ2n) is 8.43. The SMILES string of the molecule is CCOc1ccc(-c2nn(-c3ccccc3)cc2/C=C2\SC(=S)N([C@H](C)c3ccccc3)C2=O)cc1F. The number of carbonyl (C=O) groups is 1. The predicted molar refractivity (Wildman–Crippen MR) is 150 cm³/mol. The van der Waals surface area contributed by atoms with Gasteiger partial charge in [-0.2, -0.15) is 5.10 Å². The van der Waals surface area contributed by atoms with Gasteiger partial charge < -0.3 is 4.74 Å². The highest BCUT2D eigenvalue weighted by Gasteiger charge is 2.36. The van der Waals surface area contributed by atoms with Gasteiger partial charge in [0.2, 0.25) is 0 Å². The molecule has 1 atom stereocenters. The lowest BCUT2D eigenvalue weighted by molar-refractivity contribution is -0.123. The van der Waals surface area contributed by atoms with Crippen LogP contribution in [0.4, 0.5) is 4.39 Å². The molecule has 4 aromatic rings. The molecule has 1 aromatic heterocycles. The van der Waals surface area contributed by atoms with Crippen LogP contribution in [0.3, 0.4) is 0 Å². The van der Waals surface area contributed by atoms with Crippen molar-refractivity contribution in [2.45, 2.75) is 19.9 Å². The third-order valence-corrected chi connectivity index (χ3v) is 7.38. The highest BCUT2D eigenvalue weighted by molar-refractivity contribution is 8.26. The summed E-state index contributed by atoms with van der Waals surface area (Å²) in [6.45, 7) is 4.14. The van der Waals surface area contributed by atoms with E-state index in [1.165, 1.54) is 17.8 Å². The van der Waals surface area contributed by atoms with Crippen LogP contribution < -0.4 is 4.74 Å². The van der Waals surface area contributed by atoms with Crippen molar-refractivity contribution in [1.29, 1.82) is 0 Å². The standard InChI is InChI=1S/C29H24FN3O2S2/c1-3-35-25-15-14-21(16-24(25)30)27-22(18-32(31-27)23-12-8-5-9-13-23)17-26-28(34)33(29(36)37-26)19(2)20-10-6-4-7-11-20/h4-19H,3H2,1-2H3/b26-17-/t19-/m1/s1. The van der Waals surface area contributed by atoms with E-state index in [0.29, 0.717) is 32.7 Å². The number of aromatic nitrogens is 2. The number of hydrogen-bond acceptors (Lipinski definition) is 5. The maximum atomic E-state index is 14.7. The molecule has 8 heteroatoms. The minimum absolute atomic E-state index is 0.164. The number of thiocarbonyl (C=S) groups is 1. The Bertz CT molecular complexity index is 1490. The average Bonchev–Trinajstić information content (AvgIpc) is 3.46. The van der Waals surface area contributed by atoms with Gasteiger partial charge in [0, 0.05) is 17.3 Å². The van der Waals surface area contributed by atoms with Gasteiger partial charge in [-0.1, -0.05) is 72.5 Å². The third kappa shape index (κ3) is 5.08. The van der Waals surface area contributed by atoms with Crippen LogP contribution in [-0.4, -0.2) is 31.5 Å². The minimum Gasteiger partial charge on any atom is -0.491 e. The number of halogens is 1. The van der Waals surface area contributed by atoms with Gasteiger partial charge in [0.15, 0.2) is 11.6 Å². The second-order valence-corrected chi connectivity index (χ2v) is 10.1. The first-order valence-corrected chi connectivity index (χ1v) is 13.1. The number of thioether (sulfide) groups is 1. The summed E-state index contributed by atoms with van der Waals surface area (Å²) in [7, 11) is 0. The topological polar surface area (TPSA) is 47.4 Å². The Morgan fingerprint density at radius 2 is 1.78 bits per heavy atom. The fraction of sp³-hybridized carbons (Fsp3) is 0.138. The van der Waals surface area contributed by atoms with Crippen LogP contribution >= 0.6 is 24.0 Å². The lowest BCUT2D eigenvalue weighted by Crippen LogP contribution is -2.30. The molecule has 3 aromatic carbocycles. The van der Waals surface area contributed by atoms with E-state index >= 15 is 0 Å². The Morgan fingerprint density at radius 3 is 2.46 bits per heavy atom. The summed E-state index contributed by atoms with van der Waals surface area (Å²) in [5, 5.41) is 4.75. The van der Waals surface area contributed by atoms with Crippen LogP contribution in [0.5, 0.6) is 5.75 Å². The molecule has 5 rings (SSSR count). The van der Waals surface area contributed by atoms with Crippen molar-refractivity contribution in [1.82, 2.24) is 14.7 Å². The van der Waals surface area contributed by atoms with Crippen molar-refractivity contribution < 1.29 is 13.9 Å². The van der Waals surface area contributed by atoms with E-state index in [9.17, 15) is 9.18 Å². The fourth-order valence-corrected chi connectivity index (χ4v) is 5.60. The molecule has 0 spiro atoms. The zero-order chi connectivity index (χ0) is 25.9. The lowest BCUT2D eigenvalue weighted by Gasteiger charge is -2.23. The van der Waals surface area contributed by atoms with E-state index in [4.69, 9.17) is 22.1 Å². The first-order chi connectivity index (χ1) is 18.0. The second kappa shape index (κ2) is 10.7. The molecule has 1 aliphatic rings. The number of hydrogen-bond donors (Lipinski definition) is 0. The van der Waals surface area contributed by atoms with Gasteiger partial charge in [0.05, 0.1) is 23.2 Å². The van der Waals surface area contributed by atoms with E-state index in [2.05, 4.69) is 0 Å². The molecule has 5 nitrogen and oxygen atoms in total. The molecule has 0 bridgehead atoms. The van der Waals surface area contributed by atoms with E-state index in [0.717, 1.165) is 11.3 Å². The molecule has 1 aliphatic heterocycles. The van der Waals surface area contributed by atoms with Crippen LogP contribution in [-0.2, 0) is 4.79 Å². The Labute approximate surface area is 224 Å². The molecule has 0 N–H and O–H groups in total. The smallest absolute Gasteiger partial charge is 0.266 e. The van der Waals surface area contributed by atoms with Crippen LogP contribution in [0.25, 0.3) is 23.0 Å². The van der Waals surface area contributed by atoms with Gasteiger partial charge in [0.1, 0.15) is 10.0 Å². The summed E-state index contributed by atoms with van der Waals surface area (Å²) in [4.78, 5) is 15.6. The van der Waals surface area contributed by atoms with E-state index in [1.807, 2.05) is 80.7 Å². The first-order valence-electron chi connectivity index (χ1n) is 11.9. The summed E-state index contributed by atoms with van der Waals surface area (Å²) < 4.78 is 22.3. The Balaban J connectivity index is 1.55. The molecule has 1 saturated heterocycles. The molecule has 37 heavy (non-hydrogen) atoms. The van der Waals surface area contributed by atoms with E-state index in [-0.39, 0.29) is 17.7 Å². The Kier molecular flexibility index (Phi) is 7.21. The van der Waals surface area contributed by atoms with E-state index in [1.54, 1.807) is 27.8 Å². The molecule has 0 aliphatic carbocycles. The molecule has 1 fully saturated rings. The molecule has 2 heterocycles. The zero-order valence-corrected chi connectivity index (χ0v) is 21.9. The molecular weight excluding hydrogens is 505 g/mol. The number of benzene rings is 3. The van der Waals surface area contributed by atoms with Crippen LogP contribution in [0.2, 0.25) is 0 Å². The summed E-state index contributed by atoms with van der Waals surface area (Å²) in [6.07, 6.45) is 3.62. The van der Waals surface area contributed by atoms with Gasteiger partial charge in [-0.15, -0.1) is 0 Å². The normalized spacial score (nSPS) is 15.4. The summed E-state index contributed by atoms with van der Waals surface area (Å²) >= 11 is 6.85. The number of nitrogens with zero attached hydrogens (tertiary/aromatic N) is 3.